The zero-order valence-corrected chi connectivity index (χ0v) is 42.9. The number of aromatic nitrogens is 3. The second kappa shape index (κ2) is 19.1. The Bertz CT molecular complexity index is 2890. The summed E-state index contributed by atoms with van der Waals surface area (Å²) in [5.74, 6) is -0.0145. The fourth-order valence-corrected chi connectivity index (χ4v) is 12.1. The number of nitrogens with one attached hydrogen (secondary N) is 2. The zero-order valence-electron chi connectivity index (χ0n) is 40.5. The van der Waals surface area contributed by atoms with Gasteiger partial charge in [0.05, 0.1) is 56.3 Å². The first-order chi connectivity index (χ1) is 32.9. The van der Waals surface area contributed by atoms with Gasteiger partial charge in [0.1, 0.15) is 23.3 Å². The van der Waals surface area contributed by atoms with Crippen molar-refractivity contribution in [1.29, 1.82) is 5.26 Å². The summed E-state index contributed by atoms with van der Waals surface area (Å²) in [4.78, 5) is 69.2. The molecule has 1 unspecified atom stereocenters. The molecule has 1 aliphatic carbocycles. The van der Waals surface area contributed by atoms with Gasteiger partial charge >= 0.3 is 0 Å². The zero-order chi connectivity index (χ0) is 49.0. The molecule has 13 nitrogen and oxygen atoms in total. The van der Waals surface area contributed by atoms with E-state index in [9.17, 15) is 29.5 Å². The summed E-state index contributed by atoms with van der Waals surface area (Å²) in [5, 5.41) is 27.3. The van der Waals surface area contributed by atoms with Crippen LogP contribution in [0.3, 0.4) is 0 Å². The monoisotopic (exact) mass is 1010 g/mol. The number of carbonyl (C=O) groups is 3. The van der Waals surface area contributed by atoms with Gasteiger partial charge in [-0.25, -0.2) is 4.98 Å². The summed E-state index contributed by atoms with van der Waals surface area (Å²) in [6.45, 7) is 14.9. The Balaban J connectivity index is 0.827. The van der Waals surface area contributed by atoms with E-state index in [0.29, 0.717) is 30.6 Å². The van der Waals surface area contributed by atoms with Crippen LogP contribution in [0.15, 0.2) is 75.4 Å². The molecule has 3 aliphatic heterocycles. The number of thiazole rings is 1. The average molecular weight is 1020 g/mol. The molecule has 0 radical (unpaired) electrons. The lowest BCUT2D eigenvalue weighted by molar-refractivity contribution is -0.144. The molecule has 0 bridgehead atoms. The minimum Gasteiger partial charge on any atom is -0.391 e. The molecule has 9 rings (SSSR count). The lowest BCUT2D eigenvalue weighted by Crippen LogP contribution is -2.58. The molecule has 3 amide bonds. The van der Waals surface area contributed by atoms with Crippen molar-refractivity contribution in [3.63, 3.8) is 0 Å². The molecule has 15 heteroatoms. The molecule has 3 fully saturated rings. The van der Waals surface area contributed by atoms with Gasteiger partial charge < -0.3 is 25.5 Å². The molecular weight excluding hydrogens is 953 g/mol. The number of rotatable bonds is 14. The van der Waals surface area contributed by atoms with Gasteiger partial charge in [0.2, 0.25) is 17.7 Å². The highest BCUT2D eigenvalue weighted by Gasteiger charge is 2.53. The molecule has 69 heavy (non-hydrogen) atoms. The number of nitriles is 1. The van der Waals surface area contributed by atoms with Crippen LogP contribution in [0.1, 0.15) is 133 Å². The van der Waals surface area contributed by atoms with Crippen molar-refractivity contribution in [2.45, 2.75) is 135 Å². The van der Waals surface area contributed by atoms with Crippen LogP contribution in [-0.2, 0) is 19.8 Å². The number of hydrogen-bond donors (Lipinski definition) is 3. The van der Waals surface area contributed by atoms with E-state index in [0.717, 1.165) is 94.9 Å². The van der Waals surface area contributed by atoms with Gasteiger partial charge in [-0.3, -0.25) is 23.7 Å². The topological polar surface area (TPSA) is 174 Å². The standard InChI is InChI=1S/C54H63BrN8O5S/c1-32-45(69-31-57-32)35-16-14-34(15-17-35)40(58-47(65)43-28-37(64)29-62(43)49(67)46(52(2,3)4)59-51(68)54(30-56)22-23-54)12-8-7-9-24-61-25-20-33(21-26-61)36-18-19-41-38(27-36)53(5,6)50-60-48(66)44-39(55)11-10-13-42(44)63(41)50/h10-11,13-19,27,31,33,37,40,43,46,64H,7-9,12,20-26,28-29H2,1-6H3,(H,58,65)(H,59,68)/t37-,40+,43?,46-/m1/s1. The maximum atomic E-state index is 14.4. The third-order valence-corrected chi connectivity index (χ3v) is 16.8. The van der Waals surface area contributed by atoms with Crippen LogP contribution < -0.4 is 16.2 Å². The van der Waals surface area contributed by atoms with E-state index in [1.54, 1.807) is 11.3 Å². The Labute approximate surface area is 416 Å². The number of aryl methyl sites for hydroxylation is 1. The lowest BCUT2D eigenvalue weighted by atomic mass is 9.81. The Morgan fingerprint density at radius 1 is 1.01 bits per heavy atom. The number of likely N-dealkylation sites (tertiary alicyclic amines) is 2. The number of nitrogens with zero attached hydrogens (tertiary/aromatic N) is 6. The molecule has 5 heterocycles. The summed E-state index contributed by atoms with van der Waals surface area (Å²) in [5.41, 5.74) is 6.88. The van der Waals surface area contributed by atoms with E-state index >= 15 is 0 Å². The summed E-state index contributed by atoms with van der Waals surface area (Å²) < 4.78 is 2.91. The summed E-state index contributed by atoms with van der Waals surface area (Å²) in [6, 6.07) is 20.8. The Morgan fingerprint density at radius 2 is 1.75 bits per heavy atom. The summed E-state index contributed by atoms with van der Waals surface area (Å²) >= 11 is 5.17. The van der Waals surface area contributed by atoms with Crippen LogP contribution >= 0.6 is 27.3 Å². The molecule has 5 aromatic rings. The maximum absolute atomic E-state index is 14.4. The van der Waals surface area contributed by atoms with Crippen molar-refractivity contribution < 1.29 is 19.5 Å². The van der Waals surface area contributed by atoms with E-state index < -0.39 is 46.2 Å². The van der Waals surface area contributed by atoms with Gasteiger partial charge in [-0.1, -0.05) is 76.1 Å². The first-order valence-corrected chi connectivity index (χ1v) is 26.2. The predicted molar refractivity (Wildman–Crippen MR) is 272 cm³/mol. The van der Waals surface area contributed by atoms with Crippen molar-refractivity contribution in [2.75, 3.05) is 26.2 Å². The minimum absolute atomic E-state index is 0.0228. The fourth-order valence-electron chi connectivity index (χ4n) is 10.8. The molecule has 4 aliphatic rings. The number of unbranched alkanes of at least 4 members (excludes halogenated alkanes) is 2. The van der Waals surface area contributed by atoms with Crippen LogP contribution in [0.5, 0.6) is 0 Å². The highest BCUT2D eigenvalue weighted by Crippen LogP contribution is 2.46. The molecule has 2 saturated heterocycles. The molecule has 3 aromatic carbocycles. The highest BCUT2D eigenvalue weighted by molar-refractivity contribution is 9.10. The van der Waals surface area contributed by atoms with Crippen molar-refractivity contribution in [2.24, 2.45) is 10.8 Å². The van der Waals surface area contributed by atoms with E-state index in [4.69, 9.17) is 0 Å². The van der Waals surface area contributed by atoms with Gasteiger partial charge in [0, 0.05) is 17.4 Å². The molecule has 1 saturated carbocycles. The van der Waals surface area contributed by atoms with E-state index in [-0.39, 0.29) is 30.5 Å². The van der Waals surface area contributed by atoms with E-state index in [1.807, 2.05) is 51.4 Å². The predicted octanol–water partition coefficient (Wildman–Crippen LogP) is 8.61. The fraction of sp³-hybridized carbons (Fsp3) is 0.500. The summed E-state index contributed by atoms with van der Waals surface area (Å²) in [6.07, 6.45) is 5.83. The number of fused-ring (bicyclic) bond motifs is 5. The molecule has 0 spiro atoms. The van der Waals surface area contributed by atoms with Crippen LogP contribution in [0.25, 0.3) is 27.0 Å². The first kappa shape index (κ1) is 48.7. The Hall–Kier alpha value is -5.27. The summed E-state index contributed by atoms with van der Waals surface area (Å²) in [7, 11) is 0. The van der Waals surface area contributed by atoms with Gasteiger partial charge in [-0.15, -0.1) is 11.3 Å². The molecule has 362 valence electrons. The van der Waals surface area contributed by atoms with Crippen LogP contribution in [0, 0.1) is 29.1 Å². The lowest BCUT2D eigenvalue weighted by Gasteiger charge is -2.36. The SMILES string of the molecule is Cc1ncsc1-c1ccc([C@H](CCCCCN2CCC(c3ccc4c(c3)C(C)(C)c3nc(=O)c5c(Br)cccc5n3-4)CC2)NC(=O)C2C[C@@H](O)CN2C(=O)[C@@H](NC(=O)C2(C#N)CC2)C(C)(C)C)cc1. The maximum Gasteiger partial charge on any atom is 0.281 e. The second-order valence-electron chi connectivity index (χ2n) is 21.4. The number of halogens is 1. The minimum atomic E-state index is -1.11. The number of aliphatic hydroxyl groups is 1. The largest absolute Gasteiger partial charge is 0.391 e. The number of carbonyl (C=O) groups excluding carboxylic acids is 3. The highest BCUT2D eigenvalue weighted by atomic mass is 79.9. The second-order valence-corrected chi connectivity index (χ2v) is 23.1. The quantitative estimate of drug-likeness (QED) is 0.0921. The van der Waals surface area contributed by atoms with E-state index in [1.165, 1.54) is 16.0 Å². The number of benzene rings is 3. The third kappa shape index (κ3) is 9.54. The van der Waals surface area contributed by atoms with Crippen molar-refractivity contribution in [3.8, 4) is 22.2 Å². The van der Waals surface area contributed by atoms with Crippen molar-refractivity contribution >= 4 is 55.9 Å². The van der Waals surface area contributed by atoms with Crippen molar-refractivity contribution in [1.82, 2.24) is 35.0 Å². The van der Waals surface area contributed by atoms with Crippen LogP contribution in [-0.4, -0.2) is 91.5 Å². The van der Waals surface area contributed by atoms with Crippen LogP contribution in [0.4, 0.5) is 0 Å². The van der Waals surface area contributed by atoms with Gasteiger partial charge in [0.25, 0.3) is 5.56 Å². The first-order valence-electron chi connectivity index (χ1n) is 24.5. The number of piperidine rings is 1. The number of amides is 3. The van der Waals surface area contributed by atoms with Gasteiger partial charge in [-0.2, -0.15) is 10.2 Å². The van der Waals surface area contributed by atoms with E-state index in [2.05, 4.69) is 108 Å². The molecule has 3 N–H and O–H groups in total. The third-order valence-electron chi connectivity index (χ3n) is 15.2. The number of aliphatic hydroxyl groups excluding tert-OH is 1. The average Bonchev–Trinajstić information content (AvgIpc) is 3.77. The number of β-amino-alcohol motifs (C(OH)–C–C–N with tert-alkyl or cyclic N) is 1. The molecule has 2 aromatic heterocycles. The van der Waals surface area contributed by atoms with Crippen LogP contribution in [0.2, 0.25) is 0 Å². The normalized spacial score (nSPS) is 20.5. The Morgan fingerprint density at radius 3 is 2.42 bits per heavy atom. The molecule has 4 atom stereocenters. The van der Waals surface area contributed by atoms with Gasteiger partial charge in [-0.05, 0) is 147 Å². The van der Waals surface area contributed by atoms with Gasteiger partial charge in [0.15, 0.2) is 0 Å². The molecular formula is C54H63BrN8O5S. The van der Waals surface area contributed by atoms with Crippen molar-refractivity contribution in [3.05, 3.63) is 109 Å². The number of hydrogen-bond acceptors (Lipinski definition) is 10. The smallest absolute Gasteiger partial charge is 0.281 e. The Kier molecular flexibility index (Phi) is 13.5.